The number of benzene rings is 1. The van der Waals surface area contributed by atoms with Crippen LogP contribution in [-0.2, 0) is 6.54 Å². The average molecular weight is 311 g/mol. The Morgan fingerprint density at radius 2 is 2.05 bits per heavy atom. The van der Waals surface area contributed by atoms with Crippen molar-refractivity contribution in [3.63, 3.8) is 0 Å². The van der Waals surface area contributed by atoms with Crippen LogP contribution in [0.3, 0.4) is 0 Å². The van der Waals surface area contributed by atoms with Crippen molar-refractivity contribution in [2.45, 2.75) is 38.4 Å². The molecule has 0 saturated heterocycles. The van der Waals surface area contributed by atoms with E-state index in [4.69, 9.17) is 12.2 Å². The third kappa shape index (κ3) is 3.83. The highest BCUT2D eigenvalue weighted by Crippen LogP contribution is 2.29. The molecule has 0 radical (unpaired) electrons. The number of nitrogens with one attached hydrogen (secondary N) is 1. The van der Waals surface area contributed by atoms with Gasteiger partial charge in [-0.15, -0.1) is 0 Å². The monoisotopic (exact) mass is 311 g/mol. The molecule has 3 nitrogen and oxygen atoms in total. The second kappa shape index (κ2) is 6.88. The topological polar surface area (TPSA) is 28.2 Å². The summed E-state index contributed by atoms with van der Waals surface area (Å²) in [5.41, 5.74) is 2.45. The number of aromatic nitrogens is 1. The fourth-order valence-electron chi connectivity index (χ4n) is 2.53. The van der Waals surface area contributed by atoms with Gasteiger partial charge in [0.1, 0.15) is 0 Å². The average Bonchev–Trinajstić information content (AvgIpc) is 3.39. The highest BCUT2D eigenvalue weighted by molar-refractivity contribution is 7.80. The third-order valence-corrected chi connectivity index (χ3v) is 4.32. The van der Waals surface area contributed by atoms with Crippen molar-refractivity contribution in [2.24, 2.45) is 0 Å². The summed E-state index contributed by atoms with van der Waals surface area (Å²) in [6.45, 7) is 2.97. The quantitative estimate of drug-likeness (QED) is 0.853. The summed E-state index contributed by atoms with van der Waals surface area (Å²) >= 11 is 5.66. The number of hydrogen-bond acceptors (Lipinski definition) is 2. The minimum atomic E-state index is 0.212. The summed E-state index contributed by atoms with van der Waals surface area (Å²) in [4.78, 5) is 6.49. The number of nitrogens with zero attached hydrogens (tertiary/aromatic N) is 2. The van der Waals surface area contributed by atoms with E-state index >= 15 is 0 Å². The van der Waals surface area contributed by atoms with E-state index in [1.807, 2.05) is 18.3 Å². The van der Waals surface area contributed by atoms with E-state index < -0.39 is 0 Å². The molecule has 1 aliphatic carbocycles. The maximum absolute atomic E-state index is 5.66. The Hall–Kier alpha value is -1.94. The van der Waals surface area contributed by atoms with Crippen LogP contribution in [0.15, 0.2) is 54.9 Å². The molecule has 1 N–H and O–H groups in total. The molecule has 1 aliphatic rings. The second-order valence-electron chi connectivity index (χ2n) is 5.80. The zero-order valence-electron chi connectivity index (χ0n) is 12.8. The molecule has 0 spiro atoms. The predicted octanol–water partition coefficient (Wildman–Crippen LogP) is 3.68. The number of pyridine rings is 1. The lowest BCUT2D eigenvalue weighted by molar-refractivity contribution is 0.390. The van der Waals surface area contributed by atoms with Crippen LogP contribution < -0.4 is 5.32 Å². The largest absolute Gasteiger partial charge is 0.356 e. The Bertz CT molecular complexity index is 611. The predicted molar refractivity (Wildman–Crippen MR) is 93.4 cm³/mol. The molecule has 1 aromatic heterocycles. The molecule has 114 valence electrons. The van der Waals surface area contributed by atoms with Crippen LogP contribution >= 0.6 is 12.2 Å². The van der Waals surface area contributed by atoms with Gasteiger partial charge >= 0.3 is 0 Å². The molecule has 22 heavy (non-hydrogen) atoms. The van der Waals surface area contributed by atoms with Crippen molar-refractivity contribution >= 4 is 17.3 Å². The Balaban J connectivity index is 1.65. The van der Waals surface area contributed by atoms with Gasteiger partial charge in [-0.2, -0.15) is 0 Å². The summed E-state index contributed by atoms with van der Waals surface area (Å²) < 4.78 is 0. The lowest BCUT2D eigenvalue weighted by atomic mass is 10.1. The van der Waals surface area contributed by atoms with E-state index in [9.17, 15) is 0 Å². The highest BCUT2D eigenvalue weighted by Gasteiger charge is 2.31. The van der Waals surface area contributed by atoms with Gasteiger partial charge in [-0.1, -0.05) is 36.4 Å². The van der Waals surface area contributed by atoms with Gasteiger partial charge in [0.15, 0.2) is 5.11 Å². The molecule has 1 fully saturated rings. The van der Waals surface area contributed by atoms with Gasteiger partial charge < -0.3 is 10.2 Å². The van der Waals surface area contributed by atoms with E-state index in [0.717, 1.165) is 11.7 Å². The van der Waals surface area contributed by atoms with Crippen LogP contribution in [0.5, 0.6) is 0 Å². The summed E-state index contributed by atoms with van der Waals surface area (Å²) in [5.74, 6) is 0. The molecular formula is C18H21N3S. The van der Waals surface area contributed by atoms with Gasteiger partial charge in [-0.3, -0.25) is 4.98 Å². The van der Waals surface area contributed by atoms with Gasteiger partial charge in [0.05, 0.1) is 6.04 Å². The summed E-state index contributed by atoms with van der Waals surface area (Å²) in [6.07, 6.45) is 6.17. The number of rotatable bonds is 5. The SMILES string of the molecule is CC(NC(=S)N(Cc1cccnc1)C1CC1)c1ccccc1. The molecule has 1 unspecified atom stereocenters. The zero-order valence-corrected chi connectivity index (χ0v) is 13.6. The van der Waals surface area contributed by atoms with Gasteiger partial charge in [0, 0.05) is 25.0 Å². The van der Waals surface area contributed by atoms with Crippen molar-refractivity contribution in [3.8, 4) is 0 Å². The van der Waals surface area contributed by atoms with Crippen LogP contribution in [0.2, 0.25) is 0 Å². The van der Waals surface area contributed by atoms with Gasteiger partial charge in [0.25, 0.3) is 0 Å². The van der Waals surface area contributed by atoms with E-state index in [2.05, 4.69) is 52.5 Å². The lowest BCUT2D eigenvalue weighted by Crippen LogP contribution is -2.41. The van der Waals surface area contributed by atoms with Gasteiger partial charge in [0.2, 0.25) is 0 Å². The molecule has 3 rings (SSSR count). The molecule has 1 aromatic carbocycles. The van der Waals surface area contributed by atoms with Crippen LogP contribution in [0.1, 0.15) is 36.9 Å². The zero-order chi connectivity index (χ0) is 15.4. The fourth-order valence-corrected chi connectivity index (χ4v) is 2.92. The van der Waals surface area contributed by atoms with E-state index in [0.29, 0.717) is 6.04 Å². The maximum Gasteiger partial charge on any atom is 0.169 e. The van der Waals surface area contributed by atoms with Crippen LogP contribution in [0.4, 0.5) is 0 Å². The number of hydrogen-bond donors (Lipinski definition) is 1. The Labute approximate surface area is 137 Å². The van der Waals surface area contributed by atoms with Crippen LogP contribution in [0.25, 0.3) is 0 Å². The minimum Gasteiger partial charge on any atom is -0.356 e. The third-order valence-electron chi connectivity index (χ3n) is 3.96. The van der Waals surface area contributed by atoms with E-state index in [-0.39, 0.29) is 6.04 Å². The van der Waals surface area contributed by atoms with Crippen molar-refractivity contribution in [1.82, 2.24) is 15.2 Å². The normalized spacial score (nSPS) is 15.1. The maximum atomic E-state index is 5.66. The molecule has 1 heterocycles. The van der Waals surface area contributed by atoms with Crippen molar-refractivity contribution < 1.29 is 0 Å². The first-order valence-electron chi connectivity index (χ1n) is 7.75. The molecule has 2 aromatic rings. The Morgan fingerprint density at radius 1 is 1.27 bits per heavy atom. The summed E-state index contributed by atoms with van der Waals surface area (Å²) in [6, 6.07) is 15.3. The minimum absolute atomic E-state index is 0.212. The lowest BCUT2D eigenvalue weighted by Gasteiger charge is -2.28. The molecular weight excluding hydrogens is 290 g/mol. The Morgan fingerprint density at radius 3 is 2.68 bits per heavy atom. The Kier molecular flexibility index (Phi) is 4.68. The molecule has 4 heteroatoms. The van der Waals surface area contributed by atoms with E-state index in [1.54, 1.807) is 6.20 Å². The number of thiocarbonyl (C=S) groups is 1. The van der Waals surface area contributed by atoms with Crippen LogP contribution in [-0.4, -0.2) is 21.0 Å². The van der Waals surface area contributed by atoms with Gasteiger partial charge in [-0.05, 0) is 49.2 Å². The summed E-state index contributed by atoms with van der Waals surface area (Å²) in [7, 11) is 0. The molecule has 1 atom stereocenters. The first-order chi connectivity index (χ1) is 10.7. The van der Waals surface area contributed by atoms with E-state index in [1.165, 1.54) is 24.0 Å². The molecule has 1 saturated carbocycles. The van der Waals surface area contributed by atoms with Gasteiger partial charge in [-0.25, -0.2) is 0 Å². The van der Waals surface area contributed by atoms with Crippen molar-refractivity contribution in [3.05, 3.63) is 66.0 Å². The molecule has 0 amide bonds. The fraction of sp³-hybridized carbons (Fsp3) is 0.333. The molecule has 0 aliphatic heterocycles. The van der Waals surface area contributed by atoms with Crippen molar-refractivity contribution in [1.29, 1.82) is 0 Å². The standard InChI is InChI=1S/C18H21N3S/c1-14(16-7-3-2-4-8-16)20-18(22)21(17-9-10-17)13-15-6-5-11-19-12-15/h2-8,11-12,14,17H,9-10,13H2,1H3,(H,20,22). The van der Waals surface area contributed by atoms with Crippen molar-refractivity contribution in [2.75, 3.05) is 0 Å². The molecule has 0 bridgehead atoms. The smallest absolute Gasteiger partial charge is 0.169 e. The van der Waals surface area contributed by atoms with Crippen LogP contribution in [0, 0.1) is 0 Å². The first kappa shape index (κ1) is 15.0. The first-order valence-corrected chi connectivity index (χ1v) is 8.16. The second-order valence-corrected chi connectivity index (χ2v) is 6.19. The highest BCUT2D eigenvalue weighted by atomic mass is 32.1. The summed E-state index contributed by atoms with van der Waals surface area (Å²) in [5, 5.41) is 4.31.